The Hall–Kier alpha value is -2.68. The van der Waals surface area contributed by atoms with E-state index in [2.05, 4.69) is 10.6 Å². The lowest BCUT2D eigenvalue weighted by Gasteiger charge is -2.07. The predicted molar refractivity (Wildman–Crippen MR) is 95.4 cm³/mol. The highest BCUT2D eigenvalue weighted by Crippen LogP contribution is 2.25. The molecule has 0 radical (unpaired) electrons. The molecule has 24 heavy (non-hydrogen) atoms. The van der Waals surface area contributed by atoms with Crippen molar-refractivity contribution in [3.8, 4) is 11.8 Å². The Bertz CT molecular complexity index is 812. The third-order valence-corrected chi connectivity index (χ3v) is 3.58. The maximum Gasteiger partial charge on any atom is 0.267 e. The monoisotopic (exact) mass is 361 g/mol. The summed E-state index contributed by atoms with van der Waals surface area (Å²) in [4.78, 5) is 12.2. The van der Waals surface area contributed by atoms with E-state index in [4.69, 9.17) is 33.2 Å². The molecule has 122 valence electrons. The minimum atomic E-state index is -0.595. The fourth-order valence-corrected chi connectivity index (χ4v) is 2.11. The van der Waals surface area contributed by atoms with Crippen LogP contribution in [0.3, 0.4) is 0 Å². The van der Waals surface area contributed by atoms with Gasteiger partial charge in [-0.05, 0) is 42.5 Å². The molecule has 0 aliphatic carbocycles. The van der Waals surface area contributed by atoms with Gasteiger partial charge in [-0.2, -0.15) is 5.26 Å². The number of anilines is 2. The maximum atomic E-state index is 12.2. The third kappa shape index (κ3) is 4.66. The molecular weight excluding hydrogens is 349 g/mol. The molecule has 2 aromatic carbocycles. The molecule has 2 rings (SSSR count). The largest absolute Gasteiger partial charge is 0.497 e. The Morgan fingerprint density at radius 2 is 1.92 bits per heavy atom. The highest BCUT2D eigenvalue weighted by Gasteiger charge is 2.11. The first-order chi connectivity index (χ1) is 11.5. The standard InChI is InChI=1S/C17H13Cl2N3O2/c1-24-14-5-3-13(4-6-14)21-10-11(9-20)17(23)22-16-8-12(18)2-7-15(16)19/h2-8,10,21H,1H3,(H,22,23)/b11-10-. The van der Waals surface area contributed by atoms with Gasteiger partial charge in [-0.25, -0.2) is 0 Å². The fourth-order valence-electron chi connectivity index (χ4n) is 1.77. The number of nitrogens with one attached hydrogen (secondary N) is 2. The van der Waals surface area contributed by atoms with Crippen molar-refractivity contribution in [3.63, 3.8) is 0 Å². The molecule has 0 saturated heterocycles. The molecule has 0 bridgehead atoms. The zero-order chi connectivity index (χ0) is 17.5. The van der Waals surface area contributed by atoms with Crippen LogP contribution in [0.1, 0.15) is 0 Å². The van der Waals surface area contributed by atoms with E-state index in [1.165, 1.54) is 12.3 Å². The molecule has 7 heteroatoms. The molecular formula is C17H13Cl2N3O2. The van der Waals surface area contributed by atoms with Crippen molar-refractivity contribution in [1.29, 1.82) is 5.26 Å². The smallest absolute Gasteiger partial charge is 0.267 e. The number of methoxy groups -OCH3 is 1. The molecule has 0 spiro atoms. The molecule has 0 unspecified atom stereocenters. The molecule has 2 aromatic rings. The van der Waals surface area contributed by atoms with E-state index in [0.717, 1.165) is 0 Å². The van der Waals surface area contributed by atoms with E-state index in [9.17, 15) is 4.79 Å². The second kappa shape index (κ2) is 8.25. The van der Waals surface area contributed by atoms with Crippen molar-refractivity contribution in [2.24, 2.45) is 0 Å². The minimum absolute atomic E-state index is 0.109. The van der Waals surface area contributed by atoms with Gasteiger partial charge >= 0.3 is 0 Å². The Kier molecular flexibility index (Phi) is 6.07. The second-order valence-electron chi connectivity index (χ2n) is 4.62. The van der Waals surface area contributed by atoms with Gasteiger partial charge < -0.3 is 15.4 Å². The zero-order valence-corrected chi connectivity index (χ0v) is 14.2. The van der Waals surface area contributed by atoms with Gasteiger partial charge in [0.25, 0.3) is 5.91 Å². The maximum absolute atomic E-state index is 12.2. The van der Waals surface area contributed by atoms with Crippen molar-refractivity contribution >= 4 is 40.5 Å². The van der Waals surface area contributed by atoms with Gasteiger partial charge in [0.2, 0.25) is 0 Å². The number of hydrogen-bond acceptors (Lipinski definition) is 4. The number of rotatable bonds is 5. The van der Waals surface area contributed by atoms with Crippen LogP contribution in [0.2, 0.25) is 10.0 Å². The number of halogens is 2. The Labute approximate surface area is 149 Å². The summed E-state index contributed by atoms with van der Waals surface area (Å²) in [6.07, 6.45) is 1.32. The molecule has 1 amide bonds. The van der Waals surface area contributed by atoms with E-state index in [-0.39, 0.29) is 5.57 Å². The molecule has 0 aromatic heterocycles. The molecule has 0 heterocycles. The average Bonchev–Trinajstić information content (AvgIpc) is 2.59. The van der Waals surface area contributed by atoms with Crippen molar-refractivity contribution < 1.29 is 9.53 Å². The molecule has 0 aliphatic heterocycles. The van der Waals surface area contributed by atoms with Gasteiger partial charge in [0, 0.05) is 16.9 Å². The third-order valence-electron chi connectivity index (χ3n) is 3.01. The fraction of sp³-hybridized carbons (Fsp3) is 0.0588. The van der Waals surface area contributed by atoms with Gasteiger partial charge in [-0.1, -0.05) is 23.2 Å². The SMILES string of the molecule is COc1ccc(N/C=C(/C#N)C(=O)Nc2cc(Cl)ccc2Cl)cc1. The molecule has 5 nitrogen and oxygen atoms in total. The van der Waals surface area contributed by atoms with Gasteiger partial charge in [0.05, 0.1) is 17.8 Å². The van der Waals surface area contributed by atoms with Crippen LogP contribution in [-0.2, 0) is 4.79 Å². The lowest BCUT2D eigenvalue weighted by atomic mass is 10.2. The van der Waals surface area contributed by atoms with E-state index in [1.807, 2.05) is 6.07 Å². The summed E-state index contributed by atoms with van der Waals surface area (Å²) >= 11 is 11.9. The summed E-state index contributed by atoms with van der Waals surface area (Å²) in [7, 11) is 1.57. The summed E-state index contributed by atoms with van der Waals surface area (Å²) < 4.78 is 5.06. The second-order valence-corrected chi connectivity index (χ2v) is 5.46. The Balaban J connectivity index is 2.10. The first kappa shape index (κ1) is 17.7. The van der Waals surface area contributed by atoms with Gasteiger partial charge in [0.15, 0.2) is 0 Å². The van der Waals surface area contributed by atoms with Crippen LogP contribution < -0.4 is 15.4 Å². The van der Waals surface area contributed by atoms with Crippen LogP contribution in [0.4, 0.5) is 11.4 Å². The van der Waals surface area contributed by atoms with Crippen molar-refractivity contribution in [3.05, 3.63) is 64.3 Å². The molecule has 0 saturated carbocycles. The van der Waals surface area contributed by atoms with E-state index in [0.29, 0.717) is 27.2 Å². The first-order valence-corrected chi connectivity index (χ1v) is 7.56. The lowest BCUT2D eigenvalue weighted by Crippen LogP contribution is -2.14. The van der Waals surface area contributed by atoms with Crippen molar-refractivity contribution in [1.82, 2.24) is 0 Å². The van der Waals surface area contributed by atoms with Gasteiger partial charge in [-0.3, -0.25) is 4.79 Å². The number of benzene rings is 2. The van der Waals surface area contributed by atoms with Crippen LogP contribution in [0.15, 0.2) is 54.2 Å². The van der Waals surface area contributed by atoms with Crippen LogP contribution in [0, 0.1) is 11.3 Å². The number of nitrogens with zero attached hydrogens (tertiary/aromatic N) is 1. The molecule has 0 aliphatic rings. The summed E-state index contributed by atoms with van der Waals surface area (Å²) in [5.74, 6) is 0.112. The topological polar surface area (TPSA) is 74.1 Å². The number of hydrogen-bond donors (Lipinski definition) is 2. The van der Waals surface area contributed by atoms with Crippen molar-refractivity contribution in [2.45, 2.75) is 0 Å². The zero-order valence-electron chi connectivity index (χ0n) is 12.6. The summed E-state index contributed by atoms with van der Waals surface area (Å²) in [6, 6.07) is 13.5. The molecule has 2 N–H and O–H groups in total. The predicted octanol–water partition coefficient (Wildman–Crippen LogP) is 4.46. The van der Waals surface area contributed by atoms with Gasteiger partial charge in [0.1, 0.15) is 17.4 Å². The lowest BCUT2D eigenvalue weighted by molar-refractivity contribution is -0.112. The first-order valence-electron chi connectivity index (χ1n) is 6.80. The minimum Gasteiger partial charge on any atom is -0.497 e. The van der Waals surface area contributed by atoms with Crippen molar-refractivity contribution in [2.75, 3.05) is 17.7 Å². The number of amides is 1. The van der Waals surface area contributed by atoms with Crippen LogP contribution >= 0.6 is 23.2 Å². The van der Waals surface area contributed by atoms with E-state index >= 15 is 0 Å². The summed E-state index contributed by atoms with van der Waals surface area (Å²) in [5.41, 5.74) is 0.929. The normalized spacial score (nSPS) is 10.7. The number of nitriles is 1. The van der Waals surface area contributed by atoms with Crippen LogP contribution in [0.5, 0.6) is 5.75 Å². The highest BCUT2D eigenvalue weighted by molar-refractivity contribution is 6.35. The average molecular weight is 362 g/mol. The Morgan fingerprint density at radius 3 is 2.54 bits per heavy atom. The molecule has 0 atom stereocenters. The highest BCUT2D eigenvalue weighted by atomic mass is 35.5. The number of ether oxygens (including phenoxy) is 1. The van der Waals surface area contributed by atoms with Crippen LogP contribution in [0.25, 0.3) is 0 Å². The summed E-state index contributed by atoms with van der Waals surface area (Å²) in [6.45, 7) is 0. The number of carbonyl (C=O) groups is 1. The quantitative estimate of drug-likeness (QED) is 0.608. The van der Waals surface area contributed by atoms with E-state index in [1.54, 1.807) is 43.5 Å². The number of carbonyl (C=O) groups excluding carboxylic acids is 1. The van der Waals surface area contributed by atoms with Gasteiger partial charge in [-0.15, -0.1) is 0 Å². The Morgan fingerprint density at radius 1 is 1.21 bits per heavy atom. The van der Waals surface area contributed by atoms with E-state index < -0.39 is 5.91 Å². The summed E-state index contributed by atoms with van der Waals surface area (Å²) in [5, 5.41) is 15.3. The van der Waals surface area contributed by atoms with Crippen LogP contribution in [-0.4, -0.2) is 13.0 Å². The molecule has 0 fully saturated rings.